The minimum absolute atomic E-state index is 0. The Bertz CT molecular complexity index is 574. The molecule has 0 saturated carbocycles. The minimum Gasteiger partial charge on any atom is -0.357 e. The van der Waals surface area contributed by atoms with Crippen LogP contribution >= 0.6 is 35.3 Å². The predicted octanol–water partition coefficient (Wildman–Crippen LogP) is 2.60. The SMILES string of the molecule is CCNC(=NCCc1nccs1)N1CC(=O)N(C(C)C)C(C)(C)C1.I. The quantitative estimate of drug-likeness (QED) is 0.401. The number of aromatic nitrogens is 1. The maximum absolute atomic E-state index is 12.6. The number of nitrogens with zero attached hydrogens (tertiary/aromatic N) is 4. The van der Waals surface area contributed by atoms with Gasteiger partial charge in [0.15, 0.2) is 5.96 Å². The van der Waals surface area contributed by atoms with E-state index in [1.54, 1.807) is 11.3 Å². The Labute approximate surface area is 172 Å². The molecule has 0 bridgehead atoms. The number of hydrogen-bond acceptors (Lipinski definition) is 4. The molecule has 1 aromatic heterocycles. The average Bonchev–Trinajstić information content (AvgIpc) is 2.97. The van der Waals surface area contributed by atoms with E-state index < -0.39 is 0 Å². The topological polar surface area (TPSA) is 60.8 Å². The second-order valence-corrected chi connectivity index (χ2v) is 7.92. The van der Waals surface area contributed by atoms with Gasteiger partial charge in [0.2, 0.25) is 5.91 Å². The zero-order chi connectivity index (χ0) is 17.7. The molecular weight excluding hydrogens is 449 g/mol. The summed E-state index contributed by atoms with van der Waals surface area (Å²) in [7, 11) is 0. The van der Waals surface area contributed by atoms with Crippen LogP contribution in [-0.4, -0.2) is 64.4 Å². The van der Waals surface area contributed by atoms with Crippen LogP contribution in [0.3, 0.4) is 0 Å². The fourth-order valence-corrected chi connectivity index (χ4v) is 3.98. The molecule has 1 aliphatic rings. The Morgan fingerprint density at radius 1 is 1.48 bits per heavy atom. The first kappa shape index (κ1) is 22.1. The lowest BCUT2D eigenvalue weighted by Gasteiger charge is -2.49. The molecule has 1 N–H and O–H groups in total. The third-order valence-electron chi connectivity index (χ3n) is 4.05. The number of halogens is 1. The maximum Gasteiger partial charge on any atom is 0.242 e. The van der Waals surface area contributed by atoms with E-state index >= 15 is 0 Å². The number of aliphatic imine (C=N–C) groups is 1. The Hall–Kier alpha value is -0.900. The number of guanidine groups is 1. The van der Waals surface area contributed by atoms with Crippen LogP contribution in [0.15, 0.2) is 16.6 Å². The van der Waals surface area contributed by atoms with Gasteiger partial charge in [-0.3, -0.25) is 9.79 Å². The first-order valence-corrected chi connectivity index (χ1v) is 9.47. The molecule has 6 nitrogen and oxygen atoms in total. The van der Waals surface area contributed by atoms with E-state index in [-0.39, 0.29) is 41.5 Å². The van der Waals surface area contributed by atoms with Crippen LogP contribution in [0.4, 0.5) is 0 Å². The van der Waals surface area contributed by atoms with Gasteiger partial charge in [-0.1, -0.05) is 0 Å². The second-order valence-electron chi connectivity index (χ2n) is 6.94. The summed E-state index contributed by atoms with van der Waals surface area (Å²) in [6.45, 7) is 13.1. The van der Waals surface area contributed by atoms with E-state index in [2.05, 4.69) is 42.9 Å². The maximum atomic E-state index is 12.6. The smallest absolute Gasteiger partial charge is 0.242 e. The van der Waals surface area contributed by atoms with Crippen molar-refractivity contribution in [2.75, 3.05) is 26.2 Å². The Balaban J connectivity index is 0.00000312. The number of nitrogens with one attached hydrogen (secondary N) is 1. The predicted molar refractivity (Wildman–Crippen MR) is 115 cm³/mol. The number of rotatable bonds is 5. The highest BCUT2D eigenvalue weighted by Gasteiger charge is 2.40. The second kappa shape index (κ2) is 9.70. The van der Waals surface area contributed by atoms with Crippen LogP contribution in [0.25, 0.3) is 0 Å². The average molecular weight is 479 g/mol. The van der Waals surface area contributed by atoms with Gasteiger partial charge in [-0.15, -0.1) is 35.3 Å². The highest BCUT2D eigenvalue weighted by atomic mass is 127. The monoisotopic (exact) mass is 479 g/mol. The molecule has 0 radical (unpaired) electrons. The number of amides is 1. The minimum atomic E-state index is -0.213. The van der Waals surface area contributed by atoms with Crippen molar-refractivity contribution < 1.29 is 4.79 Å². The molecule has 1 aromatic rings. The van der Waals surface area contributed by atoms with Crippen LogP contribution in [-0.2, 0) is 11.2 Å². The number of carbonyl (C=O) groups excluding carboxylic acids is 1. The van der Waals surface area contributed by atoms with Crippen LogP contribution in [0.2, 0.25) is 0 Å². The van der Waals surface area contributed by atoms with E-state index in [4.69, 9.17) is 4.99 Å². The standard InChI is InChI=1S/C17H29N5OS.HI/c1-6-18-16(20-8-7-14-19-9-10-24-14)21-11-15(23)22(13(2)3)17(4,5)12-21;/h9-10,13H,6-8,11-12H2,1-5H3,(H,18,20);1H. The van der Waals surface area contributed by atoms with Gasteiger partial charge in [0.05, 0.1) is 17.1 Å². The normalized spacial score (nSPS) is 17.7. The molecule has 0 aliphatic carbocycles. The number of piperazine rings is 1. The molecule has 2 heterocycles. The zero-order valence-electron chi connectivity index (χ0n) is 15.8. The molecule has 25 heavy (non-hydrogen) atoms. The van der Waals surface area contributed by atoms with Crippen molar-refractivity contribution in [1.82, 2.24) is 20.1 Å². The van der Waals surface area contributed by atoms with Crippen molar-refractivity contribution in [2.45, 2.75) is 52.6 Å². The van der Waals surface area contributed by atoms with Crippen LogP contribution in [0.5, 0.6) is 0 Å². The molecule has 8 heteroatoms. The van der Waals surface area contributed by atoms with Crippen molar-refractivity contribution in [2.24, 2.45) is 4.99 Å². The fourth-order valence-electron chi connectivity index (χ4n) is 3.37. The number of carbonyl (C=O) groups is 1. The number of hydrogen-bond donors (Lipinski definition) is 1. The first-order valence-electron chi connectivity index (χ1n) is 8.59. The first-order chi connectivity index (χ1) is 11.3. The molecule has 1 saturated heterocycles. The lowest BCUT2D eigenvalue weighted by atomic mass is 9.96. The van der Waals surface area contributed by atoms with E-state index in [9.17, 15) is 4.79 Å². The van der Waals surface area contributed by atoms with Crippen molar-refractivity contribution in [3.63, 3.8) is 0 Å². The van der Waals surface area contributed by atoms with Crippen LogP contribution in [0.1, 0.15) is 39.6 Å². The lowest BCUT2D eigenvalue weighted by Crippen LogP contribution is -2.66. The summed E-state index contributed by atoms with van der Waals surface area (Å²) in [6.07, 6.45) is 2.65. The van der Waals surface area contributed by atoms with E-state index in [1.807, 2.05) is 23.4 Å². The summed E-state index contributed by atoms with van der Waals surface area (Å²) >= 11 is 1.65. The largest absolute Gasteiger partial charge is 0.357 e. The van der Waals surface area contributed by atoms with Gasteiger partial charge in [0.25, 0.3) is 0 Å². The molecule has 1 aliphatic heterocycles. The van der Waals surface area contributed by atoms with Gasteiger partial charge in [0.1, 0.15) is 0 Å². The van der Waals surface area contributed by atoms with E-state index in [0.717, 1.165) is 30.5 Å². The summed E-state index contributed by atoms with van der Waals surface area (Å²) in [5.74, 6) is 0.977. The van der Waals surface area contributed by atoms with Gasteiger partial charge in [-0.25, -0.2) is 4.98 Å². The highest BCUT2D eigenvalue weighted by Crippen LogP contribution is 2.24. The summed E-state index contributed by atoms with van der Waals surface area (Å²) in [5, 5.41) is 6.40. The van der Waals surface area contributed by atoms with E-state index in [0.29, 0.717) is 13.1 Å². The van der Waals surface area contributed by atoms with Crippen LogP contribution in [0, 0.1) is 0 Å². The van der Waals surface area contributed by atoms with Gasteiger partial charge < -0.3 is 15.1 Å². The van der Waals surface area contributed by atoms with E-state index in [1.165, 1.54) is 0 Å². The van der Waals surface area contributed by atoms with Crippen molar-refractivity contribution in [3.05, 3.63) is 16.6 Å². The molecule has 0 unspecified atom stereocenters. The molecule has 0 spiro atoms. The molecule has 2 rings (SSSR count). The molecule has 1 fully saturated rings. The summed E-state index contributed by atoms with van der Waals surface area (Å²) < 4.78 is 0. The summed E-state index contributed by atoms with van der Waals surface area (Å²) in [6, 6.07) is 0.207. The van der Waals surface area contributed by atoms with Gasteiger partial charge >= 0.3 is 0 Å². The van der Waals surface area contributed by atoms with Gasteiger partial charge in [-0.05, 0) is 34.6 Å². The molecular formula is C17H30IN5OS. The molecule has 0 aromatic carbocycles. The van der Waals surface area contributed by atoms with Crippen LogP contribution < -0.4 is 5.32 Å². The summed E-state index contributed by atoms with van der Waals surface area (Å²) in [5.41, 5.74) is -0.213. The van der Waals surface area contributed by atoms with Crippen molar-refractivity contribution in [1.29, 1.82) is 0 Å². The fraction of sp³-hybridized carbons (Fsp3) is 0.706. The van der Waals surface area contributed by atoms with Crippen molar-refractivity contribution in [3.8, 4) is 0 Å². The Kier molecular flexibility index (Phi) is 8.59. The molecule has 142 valence electrons. The Morgan fingerprint density at radius 2 is 2.20 bits per heavy atom. The van der Waals surface area contributed by atoms with Crippen molar-refractivity contribution >= 4 is 47.2 Å². The van der Waals surface area contributed by atoms with Gasteiger partial charge in [0, 0.05) is 43.7 Å². The molecule has 0 atom stereocenters. The highest BCUT2D eigenvalue weighted by molar-refractivity contribution is 14.0. The third kappa shape index (κ3) is 5.80. The number of thiazole rings is 1. The zero-order valence-corrected chi connectivity index (χ0v) is 18.9. The molecule has 1 amide bonds. The third-order valence-corrected chi connectivity index (χ3v) is 4.89. The summed E-state index contributed by atoms with van der Waals surface area (Å²) in [4.78, 5) is 25.7. The van der Waals surface area contributed by atoms with Gasteiger partial charge in [-0.2, -0.15) is 0 Å². The lowest BCUT2D eigenvalue weighted by molar-refractivity contribution is -0.145. The Morgan fingerprint density at radius 3 is 2.72 bits per heavy atom.